The molecule has 1 amide bonds. The van der Waals surface area contributed by atoms with Crippen molar-refractivity contribution < 1.29 is 14.7 Å². The molecule has 2 aromatic heterocycles. The van der Waals surface area contributed by atoms with Gasteiger partial charge in [0.1, 0.15) is 0 Å². The molecule has 4 rings (SSSR count). The molecule has 1 fully saturated rings. The quantitative estimate of drug-likeness (QED) is 0.365. The Morgan fingerprint density at radius 1 is 1.17 bits per heavy atom. The number of amides is 1. The monoisotopic (exact) mass is 487 g/mol. The van der Waals surface area contributed by atoms with Gasteiger partial charge in [0.05, 0.1) is 36.1 Å². The summed E-state index contributed by atoms with van der Waals surface area (Å²) < 4.78 is 2.00. The minimum Gasteiger partial charge on any atom is -0.396 e. The number of carbonyl (C=O) groups is 2. The van der Waals surface area contributed by atoms with Gasteiger partial charge in [-0.2, -0.15) is 0 Å². The zero-order chi connectivity index (χ0) is 25.7. The smallest absolute Gasteiger partial charge is 0.226 e. The van der Waals surface area contributed by atoms with Crippen molar-refractivity contribution in [2.75, 3.05) is 39.8 Å². The number of nitrogens with zero attached hydrogens (tertiary/aromatic N) is 5. The molecule has 0 radical (unpaired) electrons. The molecule has 1 N–H and O–H groups in total. The average molecular weight is 488 g/mol. The van der Waals surface area contributed by atoms with Gasteiger partial charge in [-0.05, 0) is 63.0 Å². The molecule has 3 heterocycles. The summed E-state index contributed by atoms with van der Waals surface area (Å²) in [6, 6.07) is 9.21. The second-order valence-electron chi connectivity index (χ2n) is 9.46. The molecule has 0 bridgehead atoms. The van der Waals surface area contributed by atoms with Crippen LogP contribution in [0.25, 0.3) is 21.6 Å². The van der Waals surface area contributed by atoms with E-state index in [1.807, 2.05) is 29.7 Å². The van der Waals surface area contributed by atoms with E-state index in [9.17, 15) is 9.59 Å². The summed E-state index contributed by atoms with van der Waals surface area (Å²) >= 11 is 0. The number of aliphatic hydroxyl groups excluding tert-OH is 1. The van der Waals surface area contributed by atoms with Gasteiger partial charge in [-0.15, -0.1) is 0 Å². The van der Waals surface area contributed by atoms with Gasteiger partial charge in [-0.3, -0.25) is 19.5 Å². The van der Waals surface area contributed by atoms with E-state index in [1.54, 1.807) is 30.3 Å². The molecule has 0 aliphatic carbocycles. The molecule has 1 saturated heterocycles. The SMILES string of the molecule is [C-]#[N+]c1ccc(-n2c(C)c(C(=O)CN3CCCCC3)c3ncc(CC(=O)N(C)CCCO)cc32)cc1. The number of fused-ring (bicyclic) bond motifs is 1. The fourth-order valence-electron chi connectivity index (χ4n) is 4.90. The number of hydrogen-bond acceptors (Lipinski definition) is 5. The number of aromatic nitrogens is 2. The highest BCUT2D eigenvalue weighted by atomic mass is 16.3. The van der Waals surface area contributed by atoms with Crippen LogP contribution in [0.1, 0.15) is 47.3 Å². The van der Waals surface area contributed by atoms with Gasteiger partial charge in [-0.1, -0.05) is 18.6 Å². The first kappa shape index (κ1) is 25.5. The van der Waals surface area contributed by atoms with Crippen LogP contribution in [0.4, 0.5) is 5.69 Å². The van der Waals surface area contributed by atoms with E-state index in [0.29, 0.717) is 36.3 Å². The predicted molar refractivity (Wildman–Crippen MR) is 140 cm³/mol. The highest BCUT2D eigenvalue weighted by Gasteiger charge is 2.25. The summed E-state index contributed by atoms with van der Waals surface area (Å²) in [4.78, 5) is 38.2. The number of aliphatic hydroxyl groups is 1. The number of rotatable bonds is 9. The number of carbonyl (C=O) groups excluding carboxylic acids is 2. The average Bonchev–Trinajstić information content (AvgIpc) is 3.18. The minimum atomic E-state index is -0.0535. The van der Waals surface area contributed by atoms with Crippen molar-refractivity contribution in [1.29, 1.82) is 0 Å². The lowest BCUT2D eigenvalue weighted by atomic mass is 10.1. The van der Waals surface area contributed by atoms with E-state index in [4.69, 9.17) is 16.7 Å². The van der Waals surface area contributed by atoms with Gasteiger partial charge in [0.25, 0.3) is 0 Å². The molecule has 188 valence electrons. The second-order valence-corrected chi connectivity index (χ2v) is 9.46. The van der Waals surface area contributed by atoms with Gasteiger partial charge >= 0.3 is 0 Å². The Balaban J connectivity index is 1.74. The Kier molecular flexibility index (Phi) is 8.14. The molecule has 1 aliphatic rings. The topological polar surface area (TPSA) is 83.0 Å². The molecule has 0 unspecified atom stereocenters. The van der Waals surface area contributed by atoms with Crippen LogP contribution in [0, 0.1) is 13.5 Å². The molecular weight excluding hydrogens is 454 g/mol. The van der Waals surface area contributed by atoms with E-state index < -0.39 is 0 Å². The Morgan fingerprint density at radius 2 is 1.89 bits per heavy atom. The predicted octanol–water partition coefficient (Wildman–Crippen LogP) is 3.94. The third kappa shape index (κ3) is 5.48. The molecule has 1 aromatic carbocycles. The van der Waals surface area contributed by atoms with E-state index in [-0.39, 0.29) is 24.7 Å². The molecule has 3 aromatic rings. The van der Waals surface area contributed by atoms with E-state index in [2.05, 4.69) is 9.74 Å². The first-order chi connectivity index (χ1) is 17.4. The molecule has 1 aliphatic heterocycles. The Labute approximate surface area is 212 Å². The first-order valence-corrected chi connectivity index (χ1v) is 12.5. The molecule has 0 atom stereocenters. The van der Waals surface area contributed by atoms with E-state index >= 15 is 0 Å². The van der Waals surface area contributed by atoms with E-state index in [1.165, 1.54) is 6.42 Å². The Morgan fingerprint density at radius 3 is 2.56 bits per heavy atom. The van der Waals surface area contributed by atoms with Crippen LogP contribution >= 0.6 is 0 Å². The summed E-state index contributed by atoms with van der Waals surface area (Å²) in [6.07, 6.45) is 5.84. The van der Waals surface area contributed by atoms with Crippen LogP contribution in [-0.4, -0.2) is 76.0 Å². The number of hydrogen-bond donors (Lipinski definition) is 1. The molecular formula is C28H33N5O3. The standard InChI is InChI=1S/C28H33N5O3/c1-20-27(25(35)19-32-13-5-4-6-14-32)28-24(33(20)23-10-8-22(29-2)9-11-23)16-21(18-30-28)17-26(36)31(3)12-7-15-34/h8-11,16,18,34H,4-7,12-15,17,19H2,1,3H3. The molecule has 8 heteroatoms. The summed E-state index contributed by atoms with van der Waals surface area (Å²) in [7, 11) is 1.73. The third-order valence-corrected chi connectivity index (χ3v) is 6.86. The summed E-state index contributed by atoms with van der Waals surface area (Å²) in [6.45, 7) is 12.0. The van der Waals surface area contributed by atoms with Crippen LogP contribution < -0.4 is 0 Å². The van der Waals surface area contributed by atoms with Crippen molar-refractivity contribution >= 4 is 28.4 Å². The number of piperidine rings is 1. The lowest BCUT2D eigenvalue weighted by Crippen LogP contribution is -2.34. The molecule has 0 saturated carbocycles. The Hall–Kier alpha value is -3.54. The highest BCUT2D eigenvalue weighted by molar-refractivity contribution is 6.09. The van der Waals surface area contributed by atoms with Crippen molar-refractivity contribution in [2.45, 2.75) is 39.0 Å². The zero-order valence-corrected chi connectivity index (χ0v) is 21.0. The van der Waals surface area contributed by atoms with Crippen molar-refractivity contribution in [3.8, 4) is 5.69 Å². The summed E-state index contributed by atoms with van der Waals surface area (Å²) in [5, 5.41) is 9.06. The zero-order valence-electron chi connectivity index (χ0n) is 21.0. The van der Waals surface area contributed by atoms with Gasteiger partial charge in [0, 0.05) is 37.8 Å². The minimum absolute atomic E-state index is 0.0401. The molecule has 0 spiro atoms. The lowest BCUT2D eigenvalue weighted by Gasteiger charge is -2.25. The van der Waals surface area contributed by atoms with E-state index in [0.717, 1.165) is 48.4 Å². The number of Topliss-reactive ketones (excluding diaryl/α,β-unsaturated/α-hetero) is 1. The van der Waals surface area contributed by atoms with Crippen molar-refractivity contribution in [3.05, 3.63) is 64.8 Å². The van der Waals surface area contributed by atoms with Crippen LogP contribution in [-0.2, 0) is 11.2 Å². The van der Waals surface area contributed by atoms with Gasteiger partial charge in [0.15, 0.2) is 11.5 Å². The second kappa shape index (κ2) is 11.5. The van der Waals surface area contributed by atoms with Crippen LogP contribution in [0.15, 0.2) is 36.5 Å². The first-order valence-electron chi connectivity index (χ1n) is 12.5. The summed E-state index contributed by atoms with van der Waals surface area (Å²) in [5.74, 6) is -0.00164. The maximum atomic E-state index is 13.5. The maximum absolute atomic E-state index is 13.5. The van der Waals surface area contributed by atoms with Crippen molar-refractivity contribution in [1.82, 2.24) is 19.4 Å². The van der Waals surface area contributed by atoms with Crippen LogP contribution in [0.3, 0.4) is 0 Å². The normalized spacial score (nSPS) is 14.1. The summed E-state index contributed by atoms with van der Waals surface area (Å²) in [5.41, 5.74) is 4.97. The van der Waals surface area contributed by atoms with Gasteiger partial charge < -0.3 is 14.6 Å². The van der Waals surface area contributed by atoms with Crippen LogP contribution in [0.5, 0.6) is 0 Å². The largest absolute Gasteiger partial charge is 0.396 e. The number of ketones is 1. The Bertz CT molecular complexity index is 1280. The van der Waals surface area contributed by atoms with Gasteiger partial charge in [0.2, 0.25) is 5.91 Å². The third-order valence-electron chi connectivity index (χ3n) is 6.86. The lowest BCUT2D eigenvalue weighted by molar-refractivity contribution is -0.129. The number of likely N-dealkylation sites (tertiary alicyclic amines) is 1. The number of benzene rings is 1. The van der Waals surface area contributed by atoms with Crippen molar-refractivity contribution in [3.63, 3.8) is 0 Å². The van der Waals surface area contributed by atoms with Crippen LogP contribution in [0.2, 0.25) is 0 Å². The van der Waals surface area contributed by atoms with Crippen molar-refractivity contribution in [2.24, 2.45) is 0 Å². The fraction of sp³-hybridized carbons (Fsp3) is 0.429. The molecule has 8 nitrogen and oxygen atoms in total. The highest BCUT2D eigenvalue weighted by Crippen LogP contribution is 2.30. The molecule has 36 heavy (non-hydrogen) atoms. The number of likely N-dealkylation sites (N-methyl/N-ethyl adjacent to an activating group) is 1. The maximum Gasteiger partial charge on any atom is 0.226 e. The number of pyridine rings is 1. The fourth-order valence-corrected chi connectivity index (χ4v) is 4.90. The van der Waals surface area contributed by atoms with Gasteiger partial charge in [-0.25, -0.2) is 4.85 Å².